The third kappa shape index (κ3) is 7.33. The fourth-order valence-electron chi connectivity index (χ4n) is 0.851. The van der Waals surface area contributed by atoms with Crippen molar-refractivity contribution in [3.05, 3.63) is 36.5 Å². The highest BCUT2D eigenvalue weighted by molar-refractivity contribution is 5.29. The molecule has 0 aliphatic rings. The van der Waals surface area contributed by atoms with Gasteiger partial charge in [0.05, 0.1) is 0 Å². The van der Waals surface area contributed by atoms with Gasteiger partial charge in [0.25, 0.3) is 0 Å². The molecular weight excluding hydrogens is 144 g/mol. The first-order chi connectivity index (χ1) is 5.72. The molecule has 0 rings (SSSR count). The van der Waals surface area contributed by atoms with Crippen molar-refractivity contribution in [2.24, 2.45) is 0 Å². The van der Waals surface area contributed by atoms with Gasteiger partial charge in [0.15, 0.2) is 0 Å². The van der Waals surface area contributed by atoms with E-state index in [-0.39, 0.29) is 0 Å². The summed E-state index contributed by atoms with van der Waals surface area (Å²) in [5, 5.41) is 0. The second-order valence-electron chi connectivity index (χ2n) is 2.46. The average Bonchev–Trinajstić information content (AvgIpc) is 2.08. The van der Waals surface area contributed by atoms with E-state index in [0.29, 0.717) is 0 Å². The molecule has 0 heterocycles. The van der Waals surface area contributed by atoms with Crippen LogP contribution in [0.1, 0.15) is 40.5 Å². The number of hydrogen-bond donors (Lipinski definition) is 0. The van der Waals surface area contributed by atoms with Gasteiger partial charge in [-0.15, -0.1) is 0 Å². The second kappa shape index (κ2) is 10.2. The number of hydrogen-bond acceptors (Lipinski definition) is 0. The molecule has 0 unspecified atom stereocenters. The Hall–Kier alpha value is -0.780. The largest absolute Gasteiger partial charge is 0.0991 e. The molecule has 0 nitrogen and oxygen atoms in total. The van der Waals surface area contributed by atoms with Crippen molar-refractivity contribution in [2.45, 2.75) is 40.5 Å². The first kappa shape index (κ1) is 13.8. The molecule has 0 radical (unpaired) electrons. The summed E-state index contributed by atoms with van der Waals surface area (Å²) in [5.74, 6) is 0. The third-order valence-electron chi connectivity index (χ3n) is 1.39. The fraction of sp³-hybridized carbons (Fsp3) is 0.500. The van der Waals surface area contributed by atoms with Gasteiger partial charge in [0, 0.05) is 0 Å². The molecule has 0 aliphatic heterocycles. The average molecular weight is 166 g/mol. The Morgan fingerprint density at radius 1 is 1.33 bits per heavy atom. The summed E-state index contributed by atoms with van der Waals surface area (Å²) < 4.78 is 0. The molecule has 0 spiro atoms. The van der Waals surface area contributed by atoms with Gasteiger partial charge in [-0.3, -0.25) is 0 Å². The van der Waals surface area contributed by atoms with Crippen LogP contribution in [0, 0.1) is 0 Å². The summed E-state index contributed by atoms with van der Waals surface area (Å²) >= 11 is 0. The van der Waals surface area contributed by atoms with E-state index in [4.69, 9.17) is 0 Å². The van der Waals surface area contributed by atoms with Gasteiger partial charge in [-0.25, -0.2) is 0 Å². The van der Waals surface area contributed by atoms with Crippen molar-refractivity contribution in [3.8, 4) is 0 Å². The van der Waals surface area contributed by atoms with E-state index >= 15 is 0 Å². The van der Waals surface area contributed by atoms with Crippen molar-refractivity contribution in [1.29, 1.82) is 0 Å². The van der Waals surface area contributed by atoms with Crippen molar-refractivity contribution in [2.75, 3.05) is 0 Å². The van der Waals surface area contributed by atoms with Gasteiger partial charge in [-0.2, -0.15) is 0 Å². The summed E-state index contributed by atoms with van der Waals surface area (Å²) in [5.41, 5.74) is 2.47. The molecule has 0 amide bonds. The maximum Gasteiger partial charge on any atom is -0.0279 e. The second-order valence-corrected chi connectivity index (χ2v) is 2.46. The zero-order valence-electron chi connectivity index (χ0n) is 8.98. The van der Waals surface area contributed by atoms with Crippen molar-refractivity contribution in [1.82, 2.24) is 0 Å². The van der Waals surface area contributed by atoms with E-state index in [0.717, 1.165) is 12.0 Å². The predicted octanol–water partition coefficient (Wildman–Crippen LogP) is 4.50. The minimum absolute atomic E-state index is 1.11. The SMILES string of the molecule is C=C/C=C(/CCC)C(=C)C.CC. The van der Waals surface area contributed by atoms with Crippen LogP contribution in [0.3, 0.4) is 0 Å². The normalized spacial score (nSPS) is 9.83. The van der Waals surface area contributed by atoms with Gasteiger partial charge in [-0.1, -0.05) is 58.1 Å². The minimum atomic E-state index is 1.11. The van der Waals surface area contributed by atoms with E-state index in [9.17, 15) is 0 Å². The molecule has 0 bridgehead atoms. The molecule has 0 aromatic heterocycles. The van der Waals surface area contributed by atoms with E-state index < -0.39 is 0 Å². The van der Waals surface area contributed by atoms with Gasteiger partial charge < -0.3 is 0 Å². The van der Waals surface area contributed by atoms with Gasteiger partial charge in [0.1, 0.15) is 0 Å². The van der Waals surface area contributed by atoms with Crippen LogP contribution >= 0.6 is 0 Å². The highest BCUT2D eigenvalue weighted by atomic mass is 14.0. The monoisotopic (exact) mass is 166 g/mol. The molecule has 0 saturated heterocycles. The Labute approximate surface area is 77.7 Å². The van der Waals surface area contributed by atoms with Crippen LogP contribution in [-0.2, 0) is 0 Å². The Balaban J connectivity index is 0. The minimum Gasteiger partial charge on any atom is -0.0991 e. The maximum absolute atomic E-state index is 3.88. The van der Waals surface area contributed by atoms with E-state index in [1.54, 1.807) is 0 Å². The third-order valence-corrected chi connectivity index (χ3v) is 1.39. The lowest BCUT2D eigenvalue weighted by molar-refractivity contribution is 0.913. The molecule has 0 atom stereocenters. The van der Waals surface area contributed by atoms with E-state index in [1.165, 1.54) is 12.0 Å². The van der Waals surface area contributed by atoms with Crippen LogP contribution in [0.2, 0.25) is 0 Å². The Morgan fingerprint density at radius 3 is 2.08 bits per heavy atom. The summed E-state index contributed by atoms with van der Waals surface area (Å²) in [6, 6.07) is 0. The zero-order chi connectivity index (χ0) is 9.98. The molecule has 70 valence electrons. The maximum atomic E-state index is 3.88. The molecule has 0 saturated carbocycles. The van der Waals surface area contributed by atoms with Crippen molar-refractivity contribution in [3.63, 3.8) is 0 Å². The smallest absolute Gasteiger partial charge is 0.0279 e. The number of rotatable bonds is 4. The molecular formula is C12H22. The van der Waals surface area contributed by atoms with Crippen LogP contribution in [0.5, 0.6) is 0 Å². The first-order valence-electron chi connectivity index (χ1n) is 4.69. The molecule has 0 fully saturated rings. The summed E-state index contributed by atoms with van der Waals surface area (Å²) in [4.78, 5) is 0. The number of allylic oxidation sites excluding steroid dienone is 4. The Bertz CT molecular complexity index is 149. The molecule has 0 heteroatoms. The summed E-state index contributed by atoms with van der Waals surface area (Å²) in [7, 11) is 0. The zero-order valence-corrected chi connectivity index (χ0v) is 8.98. The fourth-order valence-corrected chi connectivity index (χ4v) is 0.851. The molecule has 0 aliphatic carbocycles. The summed E-state index contributed by atoms with van der Waals surface area (Å²) in [6.45, 7) is 15.7. The standard InChI is InChI=1S/C10H16.C2H6/c1-5-7-10(8-6-2)9(3)4;1-2/h5,7H,1,3,6,8H2,2,4H3;1-2H3/b10-7-;. The lowest BCUT2D eigenvalue weighted by Gasteiger charge is -2.02. The van der Waals surface area contributed by atoms with Crippen LogP contribution in [-0.4, -0.2) is 0 Å². The van der Waals surface area contributed by atoms with Crippen molar-refractivity contribution >= 4 is 0 Å². The highest BCUT2D eigenvalue weighted by Gasteiger charge is 1.93. The Morgan fingerprint density at radius 2 is 1.83 bits per heavy atom. The molecule has 0 aromatic carbocycles. The summed E-state index contributed by atoms with van der Waals surface area (Å²) in [6.07, 6.45) is 6.14. The van der Waals surface area contributed by atoms with Crippen LogP contribution < -0.4 is 0 Å². The predicted molar refractivity (Wildman–Crippen MR) is 59.4 cm³/mol. The lowest BCUT2D eigenvalue weighted by atomic mass is 10.0. The van der Waals surface area contributed by atoms with Crippen LogP contribution in [0.4, 0.5) is 0 Å². The van der Waals surface area contributed by atoms with Gasteiger partial charge in [0.2, 0.25) is 0 Å². The lowest BCUT2D eigenvalue weighted by Crippen LogP contribution is -1.82. The molecule has 12 heavy (non-hydrogen) atoms. The van der Waals surface area contributed by atoms with Gasteiger partial charge >= 0.3 is 0 Å². The highest BCUT2D eigenvalue weighted by Crippen LogP contribution is 2.12. The van der Waals surface area contributed by atoms with E-state index in [1.807, 2.05) is 32.9 Å². The topological polar surface area (TPSA) is 0 Å². The first-order valence-corrected chi connectivity index (χ1v) is 4.69. The van der Waals surface area contributed by atoms with Gasteiger partial charge in [-0.05, 0) is 18.9 Å². The molecule has 0 aromatic rings. The quantitative estimate of drug-likeness (QED) is 0.539. The van der Waals surface area contributed by atoms with E-state index in [2.05, 4.69) is 20.1 Å². The Kier molecular flexibility index (Phi) is 11.7. The van der Waals surface area contributed by atoms with Crippen LogP contribution in [0.25, 0.3) is 0 Å². The van der Waals surface area contributed by atoms with Crippen LogP contribution in [0.15, 0.2) is 36.5 Å². The van der Waals surface area contributed by atoms with Crippen molar-refractivity contribution < 1.29 is 0 Å². The molecule has 0 N–H and O–H groups in total.